The second kappa shape index (κ2) is 8.60. The van der Waals surface area contributed by atoms with E-state index in [2.05, 4.69) is 5.32 Å². The van der Waals surface area contributed by atoms with E-state index in [0.29, 0.717) is 24.4 Å². The standard InChI is InChI=1S/C21H24N2O4/c1-3-26-18-9-6-7-16(11-18)13-22-19-12-17-8-4-5-10-20(17)23(21(19)25)27-14-15(2)24/h4-12,15,22,24H,3,13-14H2,1-2H3. The SMILES string of the molecule is CCOc1cccc(CNc2cc3ccccc3n(OCC(C)O)c2=O)c1. The number of benzene rings is 2. The zero-order chi connectivity index (χ0) is 19.2. The molecular weight excluding hydrogens is 344 g/mol. The average Bonchev–Trinajstić information content (AvgIpc) is 2.66. The van der Waals surface area contributed by atoms with Crippen molar-refractivity contribution < 1.29 is 14.7 Å². The number of anilines is 1. The fourth-order valence-electron chi connectivity index (χ4n) is 2.78. The molecule has 142 valence electrons. The van der Waals surface area contributed by atoms with Crippen molar-refractivity contribution in [3.05, 3.63) is 70.5 Å². The molecule has 1 atom stereocenters. The number of para-hydroxylation sites is 1. The van der Waals surface area contributed by atoms with E-state index >= 15 is 0 Å². The predicted octanol–water partition coefficient (Wildman–Crippen LogP) is 2.82. The first-order chi connectivity index (χ1) is 13.1. The molecule has 0 amide bonds. The zero-order valence-electron chi connectivity index (χ0n) is 15.5. The van der Waals surface area contributed by atoms with Crippen molar-refractivity contribution in [3.63, 3.8) is 0 Å². The maximum atomic E-state index is 12.9. The van der Waals surface area contributed by atoms with Gasteiger partial charge in [0.25, 0.3) is 0 Å². The molecule has 6 heteroatoms. The van der Waals surface area contributed by atoms with Gasteiger partial charge in [0.2, 0.25) is 0 Å². The highest BCUT2D eigenvalue weighted by Crippen LogP contribution is 2.17. The van der Waals surface area contributed by atoms with Crippen molar-refractivity contribution in [2.45, 2.75) is 26.5 Å². The topological polar surface area (TPSA) is 72.7 Å². The number of hydrogen-bond donors (Lipinski definition) is 2. The molecule has 0 aliphatic heterocycles. The summed E-state index contributed by atoms with van der Waals surface area (Å²) >= 11 is 0. The molecule has 0 saturated carbocycles. The summed E-state index contributed by atoms with van der Waals surface area (Å²) in [5.41, 5.74) is 1.80. The van der Waals surface area contributed by atoms with Crippen LogP contribution in [-0.4, -0.2) is 29.2 Å². The van der Waals surface area contributed by atoms with Crippen LogP contribution >= 0.6 is 0 Å². The van der Waals surface area contributed by atoms with E-state index in [9.17, 15) is 9.90 Å². The predicted molar refractivity (Wildman–Crippen MR) is 106 cm³/mol. The lowest BCUT2D eigenvalue weighted by molar-refractivity contribution is 0.0365. The second-order valence-corrected chi connectivity index (χ2v) is 6.30. The summed E-state index contributed by atoms with van der Waals surface area (Å²) in [5, 5.41) is 13.6. The molecule has 0 radical (unpaired) electrons. The maximum absolute atomic E-state index is 12.9. The van der Waals surface area contributed by atoms with E-state index in [4.69, 9.17) is 9.57 Å². The van der Waals surface area contributed by atoms with Crippen LogP contribution in [0, 0.1) is 0 Å². The minimum absolute atomic E-state index is 0.0315. The smallest absolute Gasteiger partial charge is 0.306 e. The summed E-state index contributed by atoms with van der Waals surface area (Å²) in [4.78, 5) is 18.4. The Morgan fingerprint density at radius 2 is 1.96 bits per heavy atom. The lowest BCUT2D eigenvalue weighted by atomic mass is 10.2. The van der Waals surface area contributed by atoms with E-state index in [1.165, 1.54) is 4.73 Å². The summed E-state index contributed by atoms with van der Waals surface area (Å²) in [6.07, 6.45) is -0.673. The maximum Gasteiger partial charge on any atom is 0.306 e. The molecule has 0 fully saturated rings. The number of rotatable bonds is 8. The minimum atomic E-state index is -0.673. The number of fused-ring (bicyclic) bond motifs is 1. The fourth-order valence-corrected chi connectivity index (χ4v) is 2.78. The fraction of sp³-hybridized carbons (Fsp3) is 0.286. The minimum Gasteiger partial charge on any atom is -0.494 e. The van der Waals surface area contributed by atoms with Gasteiger partial charge < -0.3 is 20.0 Å². The molecule has 2 aromatic carbocycles. The molecule has 0 bridgehead atoms. The third-order valence-electron chi connectivity index (χ3n) is 4.01. The van der Waals surface area contributed by atoms with Gasteiger partial charge in [-0.3, -0.25) is 4.79 Å². The lowest BCUT2D eigenvalue weighted by Crippen LogP contribution is -2.32. The van der Waals surface area contributed by atoms with Crippen LogP contribution in [0.3, 0.4) is 0 Å². The van der Waals surface area contributed by atoms with Gasteiger partial charge in [0.1, 0.15) is 18.0 Å². The van der Waals surface area contributed by atoms with Crippen molar-refractivity contribution in [2.75, 3.05) is 18.5 Å². The van der Waals surface area contributed by atoms with E-state index in [-0.39, 0.29) is 12.2 Å². The van der Waals surface area contributed by atoms with Crippen LogP contribution < -0.4 is 20.5 Å². The number of aliphatic hydroxyl groups excluding tert-OH is 1. The Kier molecular flexibility index (Phi) is 5.98. The molecule has 1 aromatic heterocycles. The molecule has 0 aliphatic rings. The van der Waals surface area contributed by atoms with Gasteiger partial charge in [-0.2, -0.15) is 0 Å². The van der Waals surface area contributed by atoms with Crippen LogP contribution in [0.15, 0.2) is 59.4 Å². The molecule has 3 rings (SSSR count). The average molecular weight is 368 g/mol. The van der Waals surface area contributed by atoms with Crippen molar-refractivity contribution in [1.82, 2.24) is 4.73 Å². The summed E-state index contributed by atoms with van der Waals surface area (Å²) in [7, 11) is 0. The third-order valence-corrected chi connectivity index (χ3v) is 4.01. The number of nitrogens with zero attached hydrogens (tertiary/aromatic N) is 1. The Bertz CT molecular complexity index is 966. The van der Waals surface area contributed by atoms with E-state index in [1.807, 2.05) is 61.5 Å². The highest BCUT2D eigenvalue weighted by atomic mass is 16.7. The van der Waals surface area contributed by atoms with Gasteiger partial charge in [0.05, 0.1) is 18.2 Å². The van der Waals surface area contributed by atoms with Gasteiger partial charge in [0.15, 0.2) is 0 Å². The molecule has 0 aliphatic carbocycles. The van der Waals surface area contributed by atoms with E-state index in [0.717, 1.165) is 16.7 Å². The number of nitrogens with one attached hydrogen (secondary N) is 1. The quantitative estimate of drug-likeness (QED) is 0.640. The second-order valence-electron chi connectivity index (χ2n) is 6.30. The molecule has 2 N–H and O–H groups in total. The van der Waals surface area contributed by atoms with E-state index in [1.54, 1.807) is 6.92 Å². The highest BCUT2D eigenvalue weighted by molar-refractivity contribution is 5.81. The first-order valence-corrected chi connectivity index (χ1v) is 9.00. The van der Waals surface area contributed by atoms with Crippen LogP contribution in [0.2, 0.25) is 0 Å². The molecule has 0 saturated heterocycles. The largest absolute Gasteiger partial charge is 0.494 e. The molecule has 0 spiro atoms. The summed E-state index contributed by atoms with van der Waals surface area (Å²) < 4.78 is 6.75. The molecule has 1 heterocycles. The third kappa shape index (κ3) is 4.60. The van der Waals surface area contributed by atoms with Crippen molar-refractivity contribution in [2.24, 2.45) is 0 Å². The van der Waals surface area contributed by atoms with Gasteiger partial charge in [-0.15, -0.1) is 4.73 Å². The van der Waals surface area contributed by atoms with E-state index < -0.39 is 6.10 Å². The van der Waals surface area contributed by atoms with Gasteiger partial charge in [-0.1, -0.05) is 30.3 Å². The molecule has 27 heavy (non-hydrogen) atoms. The van der Waals surface area contributed by atoms with Gasteiger partial charge in [0, 0.05) is 11.9 Å². The number of ether oxygens (including phenoxy) is 1. The Morgan fingerprint density at radius 3 is 2.74 bits per heavy atom. The van der Waals surface area contributed by atoms with Crippen LogP contribution in [0.1, 0.15) is 19.4 Å². The molecular formula is C21H24N2O4. The zero-order valence-corrected chi connectivity index (χ0v) is 15.5. The first kappa shape index (κ1) is 18.8. The Labute approximate surface area is 157 Å². The Morgan fingerprint density at radius 1 is 1.15 bits per heavy atom. The first-order valence-electron chi connectivity index (χ1n) is 9.00. The van der Waals surface area contributed by atoms with Crippen molar-refractivity contribution >= 4 is 16.6 Å². The Balaban J connectivity index is 1.89. The number of aromatic nitrogens is 1. The van der Waals surface area contributed by atoms with Crippen molar-refractivity contribution in [1.29, 1.82) is 0 Å². The van der Waals surface area contributed by atoms with Gasteiger partial charge in [-0.05, 0) is 43.7 Å². The number of hydrogen-bond acceptors (Lipinski definition) is 5. The lowest BCUT2D eigenvalue weighted by Gasteiger charge is -2.15. The van der Waals surface area contributed by atoms with Crippen LogP contribution in [0.4, 0.5) is 5.69 Å². The van der Waals surface area contributed by atoms with Crippen molar-refractivity contribution in [3.8, 4) is 5.75 Å². The van der Waals surface area contributed by atoms with Gasteiger partial charge >= 0.3 is 5.56 Å². The monoisotopic (exact) mass is 368 g/mol. The van der Waals surface area contributed by atoms with Crippen LogP contribution in [0.25, 0.3) is 10.9 Å². The molecule has 6 nitrogen and oxygen atoms in total. The number of aliphatic hydroxyl groups is 1. The molecule has 3 aromatic rings. The summed E-state index contributed by atoms with van der Waals surface area (Å²) in [6.45, 7) is 4.66. The summed E-state index contributed by atoms with van der Waals surface area (Å²) in [6, 6.07) is 17.0. The van der Waals surface area contributed by atoms with Gasteiger partial charge in [-0.25, -0.2) is 0 Å². The highest BCUT2D eigenvalue weighted by Gasteiger charge is 2.11. The Hall–Kier alpha value is -2.99. The molecule has 1 unspecified atom stereocenters. The van der Waals surface area contributed by atoms with Crippen LogP contribution in [0.5, 0.6) is 5.75 Å². The summed E-state index contributed by atoms with van der Waals surface area (Å²) in [5.74, 6) is 0.799. The number of pyridine rings is 1. The normalized spacial score (nSPS) is 12.0. The van der Waals surface area contributed by atoms with Crippen LogP contribution in [-0.2, 0) is 6.54 Å².